The van der Waals surface area contributed by atoms with Crippen LogP contribution in [-0.2, 0) is 109 Å². The van der Waals surface area contributed by atoms with Crippen molar-refractivity contribution in [2.75, 3.05) is 30.6 Å². The summed E-state index contributed by atoms with van der Waals surface area (Å²) >= 11 is 2.50. The number of amides is 16. The van der Waals surface area contributed by atoms with Gasteiger partial charge in [0.05, 0.1) is 18.8 Å². The first-order valence-electron chi connectivity index (χ1n) is 40.5. The summed E-state index contributed by atoms with van der Waals surface area (Å²) in [4.78, 5) is 277. The minimum Gasteiger partial charge on any atom is -0.481 e. The number of hydrogen-bond donors (Lipinski definition) is 22. The van der Waals surface area contributed by atoms with Gasteiger partial charge in [0.25, 0.3) is 0 Å². The highest BCUT2D eigenvalue weighted by molar-refractivity contribution is 7.98. The molecule has 0 radical (unpaired) electrons. The number of H-pyrrole nitrogens is 1. The molecule has 1 aliphatic rings. The number of thioether (sulfide) groups is 2. The van der Waals surface area contributed by atoms with Gasteiger partial charge in [-0.3, -0.25) is 91.1 Å². The van der Waals surface area contributed by atoms with E-state index < -0.39 is 285 Å². The van der Waals surface area contributed by atoms with Crippen molar-refractivity contribution in [2.45, 2.75) is 262 Å². The largest absolute Gasteiger partial charge is 0.481 e. The van der Waals surface area contributed by atoms with Crippen LogP contribution in [0.3, 0.4) is 0 Å². The number of benzene rings is 1. The third-order valence-corrected chi connectivity index (χ3v) is 21.3. The lowest BCUT2D eigenvalue weighted by Crippen LogP contribution is -2.61. The highest BCUT2D eigenvalue weighted by Gasteiger charge is 2.40. The summed E-state index contributed by atoms with van der Waals surface area (Å²) in [6.07, 6.45) is 1.14. The maximum atomic E-state index is 14.8. The minimum absolute atomic E-state index is 0.0155. The molecule has 0 saturated carbocycles. The van der Waals surface area contributed by atoms with Crippen molar-refractivity contribution in [1.29, 1.82) is 0 Å². The molecule has 1 aromatic carbocycles. The van der Waals surface area contributed by atoms with Gasteiger partial charge in [-0.2, -0.15) is 23.5 Å². The number of rotatable bonds is 59. The lowest BCUT2D eigenvalue weighted by molar-refractivity contribution is -0.145. The van der Waals surface area contributed by atoms with Crippen molar-refractivity contribution in [1.82, 2.24) is 89.7 Å². The molecule has 1 aliphatic heterocycles. The summed E-state index contributed by atoms with van der Waals surface area (Å²) in [6, 6.07) is -14.0. The molecule has 2 aromatic rings. The Morgan fingerprint density at radius 2 is 0.805 bits per heavy atom. The molecule has 43 nitrogen and oxygen atoms in total. The van der Waals surface area contributed by atoms with Gasteiger partial charge in [0, 0.05) is 50.4 Å². The summed E-state index contributed by atoms with van der Waals surface area (Å²) in [7, 11) is 0. The average Bonchev–Trinajstić information content (AvgIpc) is 1.73. The van der Waals surface area contributed by atoms with E-state index >= 15 is 0 Å². The van der Waals surface area contributed by atoms with Gasteiger partial charge in [0.2, 0.25) is 94.5 Å². The van der Waals surface area contributed by atoms with E-state index in [1.807, 2.05) is 0 Å². The maximum Gasteiger partial charge on any atom is 0.326 e. The molecule has 16 amide bonds. The molecule has 1 saturated heterocycles. The van der Waals surface area contributed by atoms with Crippen LogP contribution < -0.4 is 91.2 Å². The molecule has 0 bridgehead atoms. The minimum atomic E-state index is -1.83. The van der Waals surface area contributed by atoms with Crippen LogP contribution >= 0.6 is 23.5 Å². The van der Waals surface area contributed by atoms with E-state index in [-0.39, 0.29) is 55.2 Å². The van der Waals surface area contributed by atoms with E-state index in [4.69, 9.17) is 11.5 Å². The van der Waals surface area contributed by atoms with E-state index in [1.54, 1.807) is 77.5 Å². The molecule has 24 N–H and O–H groups in total. The fraction of sp³-hybridized carbons (Fsp3) is 0.628. The van der Waals surface area contributed by atoms with Crippen LogP contribution in [0.4, 0.5) is 0 Å². The van der Waals surface area contributed by atoms with Crippen molar-refractivity contribution < 1.29 is 116 Å². The van der Waals surface area contributed by atoms with Crippen LogP contribution in [0.25, 0.3) is 0 Å². The number of nitrogens with two attached hydrogens (primary N) is 2. The van der Waals surface area contributed by atoms with Gasteiger partial charge in [0.15, 0.2) is 0 Å². The van der Waals surface area contributed by atoms with Crippen molar-refractivity contribution in [3.05, 3.63) is 54.1 Å². The Morgan fingerprint density at radius 1 is 0.431 bits per heavy atom. The van der Waals surface area contributed by atoms with E-state index in [9.17, 15) is 116 Å². The fourth-order valence-corrected chi connectivity index (χ4v) is 13.4. The molecule has 45 heteroatoms. The molecule has 0 spiro atoms. The number of primary amides is 2. The van der Waals surface area contributed by atoms with Crippen molar-refractivity contribution in [3.63, 3.8) is 0 Å². The highest BCUT2D eigenvalue weighted by atomic mass is 32.2. The molecular formula is C78H121N19O24S2. The van der Waals surface area contributed by atoms with Crippen molar-refractivity contribution in [2.24, 2.45) is 29.2 Å². The van der Waals surface area contributed by atoms with Gasteiger partial charge >= 0.3 is 23.9 Å². The number of carbonyl (C=O) groups excluding carboxylic acids is 16. The number of aliphatic carboxylic acids is 4. The van der Waals surface area contributed by atoms with E-state index in [0.717, 1.165) is 20.3 Å². The number of aromatic nitrogens is 2. The zero-order valence-electron chi connectivity index (χ0n) is 70.7. The number of carbonyl (C=O) groups is 20. The number of hydrogen-bond acceptors (Lipinski definition) is 24. The number of imidazole rings is 1. The third kappa shape index (κ3) is 39.1. The summed E-state index contributed by atoms with van der Waals surface area (Å²) < 4.78 is 0. The summed E-state index contributed by atoms with van der Waals surface area (Å²) in [6.45, 7) is 12.8. The van der Waals surface area contributed by atoms with Gasteiger partial charge in [-0.05, 0) is 126 Å². The summed E-state index contributed by atoms with van der Waals surface area (Å²) in [5, 5.41) is 76.7. The Morgan fingerprint density at radius 3 is 1.20 bits per heavy atom. The second-order valence-corrected chi connectivity index (χ2v) is 32.4. The molecular weight excluding hydrogens is 1650 g/mol. The second kappa shape index (κ2) is 54.8. The van der Waals surface area contributed by atoms with E-state index in [0.29, 0.717) is 24.9 Å². The monoisotopic (exact) mass is 1770 g/mol. The normalized spacial score (nSPS) is 16.2. The van der Waals surface area contributed by atoms with Gasteiger partial charge in [-0.15, -0.1) is 0 Å². The van der Waals surface area contributed by atoms with Crippen LogP contribution in [0.1, 0.15) is 169 Å². The van der Waals surface area contributed by atoms with Gasteiger partial charge in [-0.25, -0.2) is 9.78 Å². The van der Waals surface area contributed by atoms with Crippen molar-refractivity contribution >= 4 is 142 Å². The van der Waals surface area contributed by atoms with Crippen molar-refractivity contribution in [3.8, 4) is 0 Å². The van der Waals surface area contributed by atoms with Gasteiger partial charge in [-0.1, -0.05) is 84.7 Å². The topological polar surface area (TPSA) is 683 Å². The van der Waals surface area contributed by atoms with Crippen LogP contribution in [0.5, 0.6) is 0 Å². The van der Waals surface area contributed by atoms with Crippen LogP contribution in [0, 0.1) is 17.8 Å². The Bertz CT molecular complexity index is 3950. The van der Waals surface area contributed by atoms with Gasteiger partial charge in [0.1, 0.15) is 84.6 Å². The first kappa shape index (κ1) is 106. The molecule has 3 rings (SSSR count). The third-order valence-electron chi connectivity index (χ3n) is 20.0. The molecule has 1 fully saturated rings. The quantitative estimate of drug-likeness (QED) is 0.0302. The Kier molecular flexibility index (Phi) is 47.1. The smallest absolute Gasteiger partial charge is 0.326 e. The molecule has 2 heterocycles. The second-order valence-electron chi connectivity index (χ2n) is 30.4. The molecule has 684 valence electrons. The van der Waals surface area contributed by atoms with E-state index in [1.165, 1.54) is 43.0 Å². The number of carboxylic acid groups (broad SMARTS) is 4. The summed E-state index contributed by atoms with van der Waals surface area (Å²) in [5.41, 5.74) is 11.8. The molecule has 123 heavy (non-hydrogen) atoms. The first-order chi connectivity index (χ1) is 58.0. The highest BCUT2D eigenvalue weighted by Crippen LogP contribution is 2.17. The van der Waals surface area contributed by atoms with Crippen LogP contribution in [-0.4, -0.2) is 270 Å². The number of nitrogens with one attached hydrogen (secondary N) is 16. The molecule has 17 atom stereocenters. The first-order valence-corrected chi connectivity index (χ1v) is 43.2. The van der Waals surface area contributed by atoms with Crippen LogP contribution in [0.2, 0.25) is 0 Å². The standard InChI is InChI=1S/C78H121N19O24S2/c1-11-40(5)62(96-72(114)52(29-32-123-10)91-70(112)50(23-27-60(102)103)90-73(115)53(33-39(3)4)92-74(116)54(34-44-17-14-13-15-18-44)93-66(108)46-19-16-30-82-46)77(119)95-55(35-45-37-81-38-83-45)75(117)89-49(22-26-59(100)101)68(110)85-42(7)64(106)86-48(21-25-58(80)99)69(111)88-47(20-24-57(79)98)67(109)84-43(8)65(107)87-51(28-31-122-9)71(113)94-56(36-61(104)105)76(118)97-63(78(120)121)41(6)12-2/h13-15,17-18,37-43,46-56,62-63,82H,11-12,16,19-36H2,1-10H3,(H2,79,98)(H2,80,99)(H,81,83)(H,84,109)(H,85,110)(H,86,106)(H,87,107)(H,88,111)(H,89,117)(H,90,115)(H,91,112)(H,92,116)(H,93,108)(H,94,113)(H,95,119)(H,96,114)(H,97,118)(H,100,101)(H,102,103)(H,104,105)(H,120,121)/t40-,41-,42-,43-,46-,47-,48-,49-,50-,51-,52-,53-,54-,55-,56-,62-,63-/m0/s1. The molecule has 0 aliphatic carbocycles. The lowest BCUT2D eigenvalue weighted by Gasteiger charge is -2.30. The number of aromatic amines is 1. The molecule has 0 unspecified atom stereocenters. The predicted octanol–water partition coefficient (Wildman–Crippen LogP) is -3.76. The predicted molar refractivity (Wildman–Crippen MR) is 447 cm³/mol. The Labute approximate surface area is 720 Å². The van der Waals surface area contributed by atoms with E-state index in [2.05, 4.69) is 89.7 Å². The van der Waals surface area contributed by atoms with Gasteiger partial charge < -0.3 is 117 Å². The zero-order valence-corrected chi connectivity index (χ0v) is 72.3. The lowest BCUT2D eigenvalue weighted by atomic mass is 9.96. The Balaban J connectivity index is 1.91. The van der Waals surface area contributed by atoms with Crippen LogP contribution in [0.15, 0.2) is 42.9 Å². The SMILES string of the molecule is CC[C@H](C)[C@H](NC(=O)[C@H](CC(=O)O)NC(=O)[C@H](CCSC)NC(=O)[C@H](C)NC(=O)[C@H](CCC(N)=O)NC(=O)[C@H](CCC(N)=O)NC(=O)[C@H](C)NC(=O)[C@H](CCC(=O)O)NC(=O)[C@H](Cc1cnc[nH]1)NC(=O)[C@@H](NC(=O)[C@H](CCSC)NC(=O)[C@H](CCC(=O)O)NC(=O)[C@H](CC(C)C)NC(=O)[C@H](Cc1ccccc1)NC(=O)[C@@H]1CCCN1)[C@@H](C)CC)C(=O)O. The average molecular weight is 1770 g/mol. The molecule has 1 aromatic heterocycles. The zero-order chi connectivity index (χ0) is 92.3. The Hall–Kier alpha value is -11.5. The number of nitrogens with zero attached hydrogens (tertiary/aromatic N) is 1. The number of carboxylic acids is 4. The fourth-order valence-electron chi connectivity index (χ4n) is 12.5. The maximum absolute atomic E-state index is 14.8. The summed E-state index contributed by atoms with van der Waals surface area (Å²) in [5.74, 6) is -23.1.